The molecule has 0 spiro atoms. The molecule has 0 bridgehead atoms. The highest BCUT2D eigenvalue weighted by molar-refractivity contribution is 7.99. The van der Waals surface area contributed by atoms with E-state index < -0.39 is 0 Å². The largest absolute Gasteiger partial charge is 0.335 e. The number of thioether (sulfide) groups is 1. The first-order valence-corrected chi connectivity index (χ1v) is 8.24. The average Bonchev–Trinajstić information content (AvgIpc) is 2.79. The van der Waals surface area contributed by atoms with Crippen LogP contribution in [0.15, 0.2) is 5.16 Å². The van der Waals surface area contributed by atoms with Crippen molar-refractivity contribution in [3.63, 3.8) is 0 Å². The van der Waals surface area contributed by atoms with Crippen molar-refractivity contribution < 1.29 is 4.79 Å². The predicted molar refractivity (Wildman–Crippen MR) is 79.6 cm³/mol. The lowest BCUT2D eigenvalue weighted by Crippen LogP contribution is -2.42. The molecule has 0 saturated heterocycles. The van der Waals surface area contributed by atoms with Crippen LogP contribution in [0, 0.1) is 0 Å². The third kappa shape index (κ3) is 4.13. The Morgan fingerprint density at radius 2 is 2.10 bits per heavy atom. The van der Waals surface area contributed by atoms with Gasteiger partial charge in [-0.15, -0.1) is 10.2 Å². The zero-order valence-corrected chi connectivity index (χ0v) is 13.0. The molecule has 1 fully saturated rings. The first kappa shape index (κ1) is 15.2. The van der Waals surface area contributed by atoms with E-state index in [0.717, 1.165) is 29.6 Å². The number of hydrogen-bond donors (Lipinski definition) is 2. The standard InChI is InChI=1S/C13H23N5OS/c1-3-20-13-17-16-11(18(13)2)9-14-12(19)15-10-7-5-4-6-8-10/h10H,3-9H2,1-2H3,(H2,14,15,19). The van der Waals surface area contributed by atoms with Gasteiger partial charge in [-0.3, -0.25) is 0 Å². The second kappa shape index (κ2) is 7.52. The second-order valence-corrected chi connectivity index (χ2v) is 6.28. The zero-order chi connectivity index (χ0) is 14.4. The smallest absolute Gasteiger partial charge is 0.315 e. The van der Waals surface area contributed by atoms with Gasteiger partial charge in [0.25, 0.3) is 0 Å². The summed E-state index contributed by atoms with van der Waals surface area (Å²) in [4.78, 5) is 11.8. The monoisotopic (exact) mass is 297 g/mol. The van der Waals surface area contributed by atoms with Crippen LogP contribution < -0.4 is 10.6 Å². The summed E-state index contributed by atoms with van der Waals surface area (Å²) in [5.41, 5.74) is 0. The van der Waals surface area contributed by atoms with Crippen molar-refractivity contribution in [3.8, 4) is 0 Å². The number of nitrogens with zero attached hydrogens (tertiary/aromatic N) is 3. The Hall–Kier alpha value is -1.24. The molecule has 7 heteroatoms. The normalized spacial score (nSPS) is 16.1. The van der Waals surface area contributed by atoms with Gasteiger partial charge in [-0.05, 0) is 18.6 Å². The lowest BCUT2D eigenvalue weighted by Gasteiger charge is -2.22. The summed E-state index contributed by atoms with van der Waals surface area (Å²) < 4.78 is 1.93. The van der Waals surface area contributed by atoms with Crippen LogP contribution in [0.3, 0.4) is 0 Å². The van der Waals surface area contributed by atoms with Crippen molar-refractivity contribution >= 4 is 17.8 Å². The molecule has 2 rings (SSSR count). The van der Waals surface area contributed by atoms with Gasteiger partial charge < -0.3 is 15.2 Å². The molecule has 0 aromatic carbocycles. The Bertz CT molecular complexity index is 442. The van der Waals surface area contributed by atoms with Crippen LogP contribution in [0.4, 0.5) is 4.79 Å². The molecule has 0 radical (unpaired) electrons. The zero-order valence-electron chi connectivity index (χ0n) is 12.2. The van der Waals surface area contributed by atoms with Crippen molar-refractivity contribution in [2.24, 2.45) is 7.05 Å². The van der Waals surface area contributed by atoms with Crippen LogP contribution in [0.2, 0.25) is 0 Å². The lowest BCUT2D eigenvalue weighted by atomic mass is 9.96. The van der Waals surface area contributed by atoms with Crippen LogP contribution in [0.25, 0.3) is 0 Å². The van der Waals surface area contributed by atoms with Crippen molar-refractivity contribution in [1.82, 2.24) is 25.4 Å². The molecular weight excluding hydrogens is 274 g/mol. The Balaban J connectivity index is 1.77. The summed E-state index contributed by atoms with van der Waals surface area (Å²) in [6.45, 7) is 2.49. The van der Waals surface area contributed by atoms with Crippen molar-refractivity contribution in [3.05, 3.63) is 5.82 Å². The maximum absolute atomic E-state index is 11.8. The first-order valence-electron chi connectivity index (χ1n) is 7.26. The van der Waals surface area contributed by atoms with Crippen molar-refractivity contribution in [2.75, 3.05) is 5.75 Å². The number of urea groups is 1. The molecule has 1 aromatic rings. The van der Waals surface area contributed by atoms with Crippen molar-refractivity contribution in [1.29, 1.82) is 0 Å². The van der Waals surface area contributed by atoms with Gasteiger partial charge in [0, 0.05) is 13.1 Å². The predicted octanol–water partition coefficient (Wildman–Crippen LogP) is 2.06. The fraction of sp³-hybridized carbons (Fsp3) is 0.769. The molecule has 2 N–H and O–H groups in total. The quantitative estimate of drug-likeness (QED) is 0.816. The second-order valence-electron chi connectivity index (χ2n) is 5.05. The SMILES string of the molecule is CCSc1nnc(CNC(=O)NC2CCCCC2)n1C. The Morgan fingerprint density at radius 3 is 2.80 bits per heavy atom. The fourth-order valence-corrected chi connectivity index (χ4v) is 3.05. The molecule has 2 amide bonds. The minimum Gasteiger partial charge on any atom is -0.335 e. The molecule has 0 unspecified atom stereocenters. The van der Waals surface area contributed by atoms with E-state index in [2.05, 4.69) is 27.8 Å². The maximum atomic E-state index is 11.8. The minimum absolute atomic E-state index is 0.107. The first-order chi connectivity index (χ1) is 9.70. The van der Waals surface area contributed by atoms with E-state index in [-0.39, 0.29) is 6.03 Å². The molecule has 20 heavy (non-hydrogen) atoms. The van der Waals surface area contributed by atoms with Gasteiger partial charge in [-0.1, -0.05) is 37.9 Å². The fourth-order valence-electron chi connectivity index (χ4n) is 2.40. The average molecular weight is 297 g/mol. The van der Waals surface area contributed by atoms with Gasteiger partial charge >= 0.3 is 6.03 Å². The van der Waals surface area contributed by atoms with Gasteiger partial charge in [0.2, 0.25) is 0 Å². The summed E-state index contributed by atoms with van der Waals surface area (Å²) in [5.74, 6) is 1.74. The number of carbonyl (C=O) groups is 1. The summed E-state index contributed by atoms with van der Waals surface area (Å²) in [6.07, 6.45) is 5.90. The number of hydrogen-bond acceptors (Lipinski definition) is 4. The van der Waals surface area contributed by atoms with Gasteiger partial charge in [0.05, 0.1) is 6.54 Å². The third-order valence-corrected chi connectivity index (χ3v) is 4.45. The molecule has 1 aliphatic rings. The van der Waals surface area contributed by atoms with Crippen LogP contribution >= 0.6 is 11.8 Å². The maximum Gasteiger partial charge on any atom is 0.315 e. The highest BCUT2D eigenvalue weighted by Crippen LogP contribution is 2.17. The molecule has 1 heterocycles. The van der Waals surface area contributed by atoms with Gasteiger partial charge in [-0.25, -0.2) is 4.79 Å². The Kier molecular flexibility index (Phi) is 5.70. The van der Waals surface area contributed by atoms with Gasteiger partial charge in [0.1, 0.15) is 0 Å². The topological polar surface area (TPSA) is 71.8 Å². The molecular formula is C13H23N5OS. The number of aromatic nitrogens is 3. The summed E-state index contributed by atoms with van der Waals surface area (Å²) >= 11 is 1.65. The molecule has 112 valence electrons. The molecule has 0 aliphatic heterocycles. The molecule has 0 atom stereocenters. The van der Waals surface area contributed by atoms with E-state index in [1.54, 1.807) is 11.8 Å². The third-order valence-electron chi connectivity index (χ3n) is 3.55. The lowest BCUT2D eigenvalue weighted by molar-refractivity contribution is 0.232. The summed E-state index contributed by atoms with van der Waals surface area (Å²) in [5, 5.41) is 15.0. The van der Waals surface area contributed by atoms with Crippen LogP contribution in [-0.4, -0.2) is 32.6 Å². The Labute approximate surface area is 124 Å². The highest BCUT2D eigenvalue weighted by Gasteiger charge is 2.16. The van der Waals surface area contributed by atoms with Crippen LogP contribution in [-0.2, 0) is 13.6 Å². The van der Waals surface area contributed by atoms with E-state index >= 15 is 0 Å². The minimum atomic E-state index is -0.107. The van der Waals surface area contributed by atoms with E-state index in [1.165, 1.54) is 19.3 Å². The highest BCUT2D eigenvalue weighted by atomic mass is 32.2. The molecule has 1 aliphatic carbocycles. The van der Waals surface area contributed by atoms with E-state index in [1.807, 2.05) is 11.6 Å². The molecule has 6 nitrogen and oxygen atoms in total. The van der Waals surface area contributed by atoms with Crippen LogP contribution in [0.1, 0.15) is 44.9 Å². The van der Waals surface area contributed by atoms with E-state index in [0.29, 0.717) is 12.6 Å². The number of nitrogens with one attached hydrogen (secondary N) is 2. The number of amides is 2. The van der Waals surface area contributed by atoms with E-state index in [4.69, 9.17) is 0 Å². The van der Waals surface area contributed by atoms with E-state index in [9.17, 15) is 4.79 Å². The molecule has 1 aromatic heterocycles. The van der Waals surface area contributed by atoms with Crippen LogP contribution in [0.5, 0.6) is 0 Å². The Morgan fingerprint density at radius 1 is 1.35 bits per heavy atom. The van der Waals surface area contributed by atoms with Gasteiger partial charge in [-0.2, -0.15) is 0 Å². The number of rotatable bonds is 5. The summed E-state index contributed by atoms with van der Waals surface area (Å²) in [6, 6.07) is 0.221. The van der Waals surface area contributed by atoms with Gasteiger partial charge in [0.15, 0.2) is 11.0 Å². The van der Waals surface area contributed by atoms with Crippen molar-refractivity contribution in [2.45, 2.75) is 56.8 Å². The summed E-state index contributed by atoms with van der Waals surface area (Å²) in [7, 11) is 1.92. The molecule has 1 saturated carbocycles. The number of carbonyl (C=O) groups excluding carboxylic acids is 1.